The Balaban J connectivity index is 1.20. The first-order valence-corrected chi connectivity index (χ1v) is 16.1. The van der Waals surface area contributed by atoms with Crippen molar-refractivity contribution in [1.29, 1.82) is 5.26 Å². The van der Waals surface area contributed by atoms with Crippen molar-refractivity contribution in [3.63, 3.8) is 0 Å². The maximum absolute atomic E-state index is 15.1. The number of nitrogens with zero attached hydrogens (tertiary/aromatic N) is 2. The van der Waals surface area contributed by atoms with Crippen LogP contribution in [0.25, 0.3) is 0 Å². The zero-order valence-corrected chi connectivity index (χ0v) is 27.0. The molecule has 1 aromatic heterocycles. The standard InChI is InChI=1S/C35H31ClF2N2O6S/c1-20-31-29(19-44-34(46-31)23-6-4-3-5-7-23)45-35(47-30-14-24(36)16-40-28(30)15-39)32(20)42-18-22-12-26(37)33(27(38)13-22)43-17-21-8-10-25(41-2)11-9-21/h3-14,16,20,29,31-32,34-35H,17-19H2,1-2H3/t20?,29?,31-,32?,34?,35-/m1/s1. The van der Waals surface area contributed by atoms with Gasteiger partial charge >= 0.3 is 0 Å². The van der Waals surface area contributed by atoms with Crippen LogP contribution in [0.3, 0.4) is 0 Å². The predicted octanol–water partition coefficient (Wildman–Crippen LogP) is 7.63. The topological polar surface area (TPSA) is 92.1 Å². The van der Waals surface area contributed by atoms with E-state index >= 15 is 8.78 Å². The highest BCUT2D eigenvalue weighted by atomic mass is 35.5. The second kappa shape index (κ2) is 15.0. The van der Waals surface area contributed by atoms with Gasteiger partial charge in [-0.2, -0.15) is 5.26 Å². The van der Waals surface area contributed by atoms with Gasteiger partial charge in [0, 0.05) is 22.6 Å². The van der Waals surface area contributed by atoms with E-state index in [4.69, 9.17) is 40.0 Å². The Kier molecular flexibility index (Phi) is 10.6. The summed E-state index contributed by atoms with van der Waals surface area (Å²) in [6.45, 7) is 2.09. The van der Waals surface area contributed by atoms with Gasteiger partial charge in [-0.3, -0.25) is 0 Å². The summed E-state index contributed by atoms with van der Waals surface area (Å²) in [6.07, 6.45) is -0.663. The third kappa shape index (κ3) is 7.70. The minimum Gasteiger partial charge on any atom is -0.497 e. The number of halogens is 3. The number of fused-ring (bicyclic) bond motifs is 1. The molecular formula is C35H31ClF2N2O6S. The molecule has 0 aliphatic carbocycles. The number of ether oxygens (including phenoxy) is 6. The Bertz CT molecular complexity index is 1700. The molecule has 6 rings (SSSR count). The zero-order chi connectivity index (χ0) is 32.9. The second-order valence-corrected chi connectivity index (χ2v) is 12.7. The van der Waals surface area contributed by atoms with Gasteiger partial charge in [-0.05, 0) is 41.5 Å². The van der Waals surface area contributed by atoms with Crippen LogP contribution in [-0.2, 0) is 32.2 Å². The van der Waals surface area contributed by atoms with Crippen molar-refractivity contribution in [2.45, 2.75) is 55.1 Å². The molecular weight excluding hydrogens is 650 g/mol. The van der Waals surface area contributed by atoms with Gasteiger partial charge < -0.3 is 28.4 Å². The monoisotopic (exact) mass is 680 g/mol. The van der Waals surface area contributed by atoms with Gasteiger partial charge in [-0.25, -0.2) is 13.8 Å². The number of thioether (sulfide) groups is 1. The smallest absolute Gasteiger partial charge is 0.191 e. The summed E-state index contributed by atoms with van der Waals surface area (Å²) in [4.78, 5) is 4.65. The van der Waals surface area contributed by atoms with Crippen LogP contribution in [0.4, 0.5) is 8.78 Å². The number of hydrogen-bond acceptors (Lipinski definition) is 9. The van der Waals surface area contributed by atoms with E-state index in [0.717, 1.165) is 11.1 Å². The van der Waals surface area contributed by atoms with Gasteiger partial charge in [-0.1, -0.05) is 72.8 Å². The first kappa shape index (κ1) is 33.2. The Labute approximate surface area is 280 Å². The molecule has 4 aromatic rings. The fourth-order valence-electron chi connectivity index (χ4n) is 5.54. The highest BCUT2D eigenvalue weighted by Crippen LogP contribution is 2.43. The lowest BCUT2D eigenvalue weighted by Crippen LogP contribution is -2.57. The summed E-state index contributed by atoms with van der Waals surface area (Å²) < 4.78 is 66.2. The van der Waals surface area contributed by atoms with Crippen LogP contribution in [0.1, 0.15) is 35.6 Å². The van der Waals surface area contributed by atoms with E-state index in [9.17, 15) is 5.26 Å². The van der Waals surface area contributed by atoms with Crippen molar-refractivity contribution in [3.8, 4) is 17.6 Å². The molecule has 6 atom stereocenters. The van der Waals surface area contributed by atoms with E-state index in [2.05, 4.69) is 11.1 Å². The Hall–Kier alpha value is -3.76. The minimum atomic E-state index is -0.849. The van der Waals surface area contributed by atoms with Crippen LogP contribution < -0.4 is 9.47 Å². The summed E-state index contributed by atoms with van der Waals surface area (Å²) in [5, 5.41) is 10.0. The average molecular weight is 681 g/mol. The number of benzene rings is 3. The molecule has 12 heteroatoms. The van der Waals surface area contributed by atoms with Crippen molar-refractivity contribution in [2.75, 3.05) is 13.7 Å². The molecule has 0 N–H and O–H groups in total. The SMILES string of the molecule is COc1ccc(COc2c(F)cc(COC3C(C)[C@H]4OC(c5ccccc5)OCC4O[C@@H]3Sc3cc(Cl)cnc3C#N)cc2F)cc1. The third-order valence-corrected chi connectivity index (χ3v) is 9.34. The minimum absolute atomic E-state index is 0.0250. The number of pyridine rings is 1. The van der Waals surface area contributed by atoms with Crippen molar-refractivity contribution in [3.05, 3.63) is 118 Å². The van der Waals surface area contributed by atoms with Crippen molar-refractivity contribution in [1.82, 2.24) is 4.98 Å². The summed E-state index contributed by atoms with van der Waals surface area (Å²) in [5.41, 5.74) is 1.40. The molecule has 3 heterocycles. The first-order chi connectivity index (χ1) is 22.8. The number of nitriles is 1. The van der Waals surface area contributed by atoms with Crippen molar-refractivity contribution < 1.29 is 37.2 Å². The van der Waals surface area contributed by atoms with E-state index in [1.54, 1.807) is 37.4 Å². The van der Waals surface area contributed by atoms with Crippen LogP contribution in [0.15, 0.2) is 83.9 Å². The van der Waals surface area contributed by atoms with E-state index in [1.807, 2.05) is 37.3 Å². The van der Waals surface area contributed by atoms with E-state index in [0.29, 0.717) is 15.7 Å². The maximum Gasteiger partial charge on any atom is 0.191 e. The number of aromatic nitrogens is 1. The molecule has 3 aromatic carbocycles. The molecule has 0 bridgehead atoms. The number of methoxy groups -OCH3 is 1. The third-order valence-electron chi connectivity index (χ3n) is 7.96. The van der Waals surface area contributed by atoms with Gasteiger partial charge in [0.15, 0.2) is 29.4 Å². The van der Waals surface area contributed by atoms with Crippen LogP contribution in [0.5, 0.6) is 11.5 Å². The molecule has 244 valence electrons. The van der Waals surface area contributed by atoms with Crippen molar-refractivity contribution >= 4 is 23.4 Å². The highest BCUT2D eigenvalue weighted by molar-refractivity contribution is 7.99. The predicted molar refractivity (Wildman–Crippen MR) is 170 cm³/mol. The Morgan fingerprint density at radius 1 is 1.00 bits per heavy atom. The van der Waals surface area contributed by atoms with Crippen LogP contribution in [-0.4, -0.2) is 42.4 Å². The van der Waals surface area contributed by atoms with Crippen molar-refractivity contribution in [2.24, 2.45) is 5.92 Å². The molecule has 47 heavy (non-hydrogen) atoms. The van der Waals surface area contributed by atoms with Gasteiger partial charge in [0.1, 0.15) is 30.0 Å². The van der Waals surface area contributed by atoms with Gasteiger partial charge in [0.2, 0.25) is 0 Å². The molecule has 0 amide bonds. The van der Waals surface area contributed by atoms with Crippen LogP contribution >= 0.6 is 23.4 Å². The highest BCUT2D eigenvalue weighted by Gasteiger charge is 2.49. The zero-order valence-electron chi connectivity index (χ0n) is 25.5. The molecule has 0 spiro atoms. The Morgan fingerprint density at radius 3 is 2.45 bits per heavy atom. The first-order valence-electron chi connectivity index (χ1n) is 14.9. The van der Waals surface area contributed by atoms with Gasteiger partial charge in [-0.15, -0.1) is 0 Å². The van der Waals surface area contributed by atoms with E-state index in [1.165, 1.54) is 30.1 Å². The van der Waals surface area contributed by atoms with Gasteiger partial charge in [0.05, 0.1) is 37.6 Å². The van der Waals surface area contributed by atoms with E-state index < -0.39 is 47.4 Å². The lowest BCUT2D eigenvalue weighted by Gasteiger charge is -2.48. The summed E-state index contributed by atoms with van der Waals surface area (Å²) in [6, 6.07) is 22.7. The van der Waals surface area contributed by atoms with E-state index in [-0.39, 0.29) is 37.0 Å². The fourth-order valence-corrected chi connectivity index (χ4v) is 7.08. The lowest BCUT2D eigenvalue weighted by molar-refractivity contribution is -0.311. The lowest BCUT2D eigenvalue weighted by atomic mass is 9.90. The average Bonchev–Trinajstić information content (AvgIpc) is 3.08. The molecule has 0 saturated carbocycles. The second-order valence-electron chi connectivity index (χ2n) is 11.1. The van der Waals surface area contributed by atoms with Gasteiger partial charge in [0.25, 0.3) is 0 Å². The quantitative estimate of drug-likeness (QED) is 0.168. The number of hydrogen-bond donors (Lipinski definition) is 0. The molecule has 2 saturated heterocycles. The molecule has 2 aliphatic rings. The Morgan fingerprint density at radius 2 is 1.74 bits per heavy atom. The molecule has 8 nitrogen and oxygen atoms in total. The summed E-state index contributed by atoms with van der Waals surface area (Å²) in [7, 11) is 1.56. The molecule has 2 aliphatic heterocycles. The summed E-state index contributed by atoms with van der Waals surface area (Å²) >= 11 is 7.45. The van der Waals surface area contributed by atoms with Crippen LogP contribution in [0.2, 0.25) is 5.02 Å². The fraction of sp³-hybridized carbons (Fsp3) is 0.314. The molecule has 0 radical (unpaired) electrons. The van der Waals surface area contributed by atoms with Crippen LogP contribution in [0, 0.1) is 28.9 Å². The normalized spacial score (nSPS) is 23.8. The molecule has 2 fully saturated rings. The number of rotatable bonds is 10. The largest absolute Gasteiger partial charge is 0.497 e. The maximum atomic E-state index is 15.1. The summed E-state index contributed by atoms with van der Waals surface area (Å²) in [5.74, 6) is -1.76. The molecule has 4 unspecified atom stereocenters.